The third-order valence-electron chi connectivity index (χ3n) is 3.28. The number of nitrogens with one attached hydrogen (secondary N) is 2. The lowest BCUT2D eigenvalue weighted by molar-refractivity contribution is 0.101. The minimum absolute atomic E-state index is 0.0185. The van der Waals surface area contributed by atoms with Crippen molar-refractivity contribution in [1.29, 1.82) is 0 Å². The Kier molecular flexibility index (Phi) is 4.90. The second-order valence-electron chi connectivity index (χ2n) is 5.14. The maximum Gasteiger partial charge on any atom is 0.261 e. The summed E-state index contributed by atoms with van der Waals surface area (Å²) in [4.78, 5) is 28.0. The van der Waals surface area contributed by atoms with Gasteiger partial charge in [-0.1, -0.05) is 0 Å². The van der Waals surface area contributed by atoms with Gasteiger partial charge in [-0.05, 0) is 24.3 Å². The van der Waals surface area contributed by atoms with Crippen LogP contribution in [0.1, 0.15) is 20.7 Å². The number of hydrogen-bond donors (Lipinski definition) is 3. The molecule has 6 nitrogen and oxygen atoms in total. The summed E-state index contributed by atoms with van der Waals surface area (Å²) in [5.41, 5.74) is -0.0782. The van der Waals surface area contributed by atoms with Crippen molar-refractivity contribution in [2.75, 3.05) is 10.6 Å². The van der Waals surface area contributed by atoms with E-state index in [1.54, 1.807) is 5.38 Å². The van der Waals surface area contributed by atoms with E-state index in [4.69, 9.17) is 0 Å². The first-order valence-electron chi connectivity index (χ1n) is 7.23. The van der Waals surface area contributed by atoms with Gasteiger partial charge in [0, 0.05) is 35.0 Å². The number of rotatable bonds is 4. The van der Waals surface area contributed by atoms with Crippen molar-refractivity contribution >= 4 is 34.0 Å². The van der Waals surface area contributed by atoms with Gasteiger partial charge in [-0.2, -0.15) is 0 Å². The van der Waals surface area contributed by atoms with Crippen LogP contribution in [0.5, 0.6) is 5.75 Å². The van der Waals surface area contributed by atoms with Gasteiger partial charge in [-0.25, -0.2) is 13.8 Å². The smallest absolute Gasteiger partial charge is 0.261 e. The molecule has 0 radical (unpaired) electrons. The summed E-state index contributed by atoms with van der Waals surface area (Å²) in [6.07, 6.45) is 1.52. The molecule has 3 N–H and O–H groups in total. The van der Waals surface area contributed by atoms with Gasteiger partial charge in [0.25, 0.3) is 11.8 Å². The number of carbonyl (C=O) groups is 2. The van der Waals surface area contributed by atoms with Crippen molar-refractivity contribution in [3.8, 4) is 5.75 Å². The minimum Gasteiger partial charge on any atom is -0.507 e. The summed E-state index contributed by atoms with van der Waals surface area (Å²) in [5, 5.41) is 17.0. The highest BCUT2D eigenvalue weighted by Gasteiger charge is 2.15. The molecule has 0 atom stereocenters. The van der Waals surface area contributed by atoms with Crippen LogP contribution in [0.3, 0.4) is 0 Å². The van der Waals surface area contributed by atoms with Gasteiger partial charge >= 0.3 is 0 Å². The number of carbonyl (C=O) groups excluding carboxylic acids is 2. The normalized spacial score (nSPS) is 10.4. The average molecular weight is 375 g/mol. The second-order valence-corrected chi connectivity index (χ2v) is 6.03. The molecule has 3 aromatic rings. The van der Waals surface area contributed by atoms with Gasteiger partial charge in [0.2, 0.25) is 0 Å². The number of anilines is 2. The molecule has 0 aliphatic rings. The van der Waals surface area contributed by atoms with Gasteiger partial charge < -0.3 is 10.4 Å². The zero-order chi connectivity index (χ0) is 18.7. The zero-order valence-electron chi connectivity index (χ0n) is 13.0. The minimum atomic E-state index is -0.882. The number of thiazole rings is 1. The fourth-order valence-electron chi connectivity index (χ4n) is 2.14. The van der Waals surface area contributed by atoms with Gasteiger partial charge in [-0.15, -0.1) is 11.3 Å². The predicted molar refractivity (Wildman–Crippen MR) is 92.5 cm³/mol. The summed E-state index contributed by atoms with van der Waals surface area (Å²) >= 11 is 1.22. The van der Waals surface area contributed by atoms with Crippen LogP contribution in [0.25, 0.3) is 0 Å². The molecule has 132 valence electrons. The SMILES string of the molecule is O=C(Nc1ccc(C(=O)Nc2nccs2)c(O)c1)c1cc(F)cc(F)c1. The molecular formula is C17H11F2N3O3S. The fraction of sp³-hybridized carbons (Fsp3) is 0. The Bertz CT molecular complexity index is 957. The number of nitrogens with zero attached hydrogens (tertiary/aromatic N) is 1. The Labute approximate surface area is 150 Å². The zero-order valence-corrected chi connectivity index (χ0v) is 13.8. The third-order valence-corrected chi connectivity index (χ3v) is 3.97. The fourth-order valence-corrected chi connectivity index (χ4v) is 2.66. The van der Waals surface area contributed by atoms with Crippen LogP contribution in [-0.2, 0) is 0 Å². The molecule has 0 saturated carbocycles. The predicted octanol–water partition coefficient (Wildman–Crippen LogP) is 3.63. The van der Waals surface area contributed by atoms with E-state index in [9.17, 15) is 23.5 Å². The standard InChI is InChI=1S/C17H11F2N3O3S/c18-10-5-9(6-11(19)7-10)15(24)21-12-1-2-13(14(23)8-12)16(25)22-17-20-3-4-26-17/h1-8,23H,(H,21,24)(H,20,22,25). The van der Waals surface area contributed by atoms with Crippen LogP contribution < -0.4 is 10.6 Å². The summed E-state index contributed by atoms with van der Waals surface area (Å²) in [6, 6.07) is 6.26. The average Bonchev–Trinajstić information content (AvgIpc) is 3.06. The Balaban J connectivity index is 1.74. The lowest BCUT2D eigenvalue weighted by Gasteiger charge is -2.09. The number of benzene rings is 2. The summed E-state index contributed by atoms with van der Waals surface area (Å²) < 4.78 is 26.4. The number of aromatic nitrogens is 1. The van der Waals surface area contributed by atoms with E-state index in [0.29, 0.717) is 11.2 Å². The van der Waals surface area contributed by atoms with Crippen molar-refractivity contribution in [1.82, 2.24) is 4.98 Å². The molecule has 0 aliphatic heterocycles. The Morgan fingerprint density at radius 1 is 1.00 bits per heavy atom. The summed E-state index contributed by atoms with van der Waals surface area (Å²) in [7, 11) is 0. The highest BCUT2D eigenvalue weighted by molar-refractivity contribution is 7.13. The van der Waals surface area contributed by atoms with Gasteiger partial charge in [0.05, 0.1) is 5.56 Å². The molecule has 2 amide bonds. The van der Waals surface area contributed by atoms with Gasteiger partial charge in [0.15, 0.2) is 5.13 Å². The van der Waals surface area contributed by atoms with Crippen LogP contribution in [0.4, 0.5) is 19.6 Å². The Morgan fingerprint density at radius 2 is 1.73 bits per heavy atom. The van der Waals surface area contributed by atoms with Crippen molar-refractivity contribution in [3.05, 3.63) is 70.7 Å². The molecule has 0 fully saturated rings. The molecule has 0 saturated heterocycles. The van der Waals surface area contributed by atoms with Gasteiger partial charge in [0.1, 0.15) is 17.4 Å². The topological polar surface area (TPSA) is 91.3 Å². The van der Waals surface area contributed by atoms with E-state index in [2.05, 4.69) is 15.6 Å². The molecule has 1 aromatic heterocycles. The largest absolute Gasteiger partial charge is 0.507 e. The van der Waals surface area contributed by atoms with Crippen LogP contribution in [-0.4, -0.2) is 21.9 Å². The highest BCUT2D eigenvalue weighted by Crippen LogP contribution is 2.24. The molecule has 0 aliphatic carbocycles. The van der Waals surface area contributed by atoms with E-state index < -0.39 is 23.4 Å². The lowest BCUT2D eigenvalue weighted by atomic mass is 10.1. The number of phenolic OH excluding ortho intramolecular Hbond substituents is 1. The molecule has 9 heteroatoms. The van der Waals surface area contributed by atoms with Crippen LogP contribution in [0.15, 0.2) is 48.0 Å². The van der Waals surface area contributed by atoms with Crippen molar-refractivity contribution in [3.63, 3.8) is 0 Å². The third kappa shape index (κ3) is 4.01. The maximum atomic E-state index is 13.2. The maximum absolute atomic E-state index is 13.2. The van der Waals surface area contributed by atoms with E-state index in [-0.39, 0.29) is 22.6 Å². The number of hydrogen-bond acceptors (Lipinski definition) is 5. The van der Waals surface area contributed by atoms with Crippen LogP contribution in [0.2, 0.25) is 0 Å². The molecule has 0 unspecified atom stereocenters. The highest BCUT2D eigenvalue weighted by atomic mass is 32.1. The first kappa shape index (κ1) is 17.5. The number of aromatic hydroxyl groups is 1. The van der Waals surface area contributed by atoms with E-state index in [0.717, 1.165) is 18.2 Å². The number of amides is 2. The first-order valence-corrected chi connectivity index (χ1v) is 8.11. The Hall–Kier alpha value is -3.33. The molecule has 3 rings (SSSR count). The first-order chi connectivity index (χ1) is 12.4. The molecular weight excluding hydrogens is 364 g/mol. The number of halogens is 2. The molecule has 0 spiro atoms. The molecule has 1 heterocycles. The van der Waals surface area contributed by atoms with Crippen molar-refractivity contribution < 1.29 is 23.5 Å². The molecule has 26 heavy (non-hydrogen) atoms. The quantitative estimate of drug-likeness (QED) is 0.649. The van der Waals surface area contributed by atoms with Crippen molar-refractivity contribution in [2.24, 2.45) is 0 Å². The molecule has 0 bridgehead atoms. The summed E-state index contributed by atoms with van der Waals surface area (Å²) in [5.74, 6) is -3.47. The van der Waals surface area contributed by atoms with E-state index in [1.807, 2.05) is 0 Å². The van der Waals surface area contributed by atoms with E-state index in [1.165, 1.54) is 29.7 Å². The monoisotopic (exact) mass is 375 g/mol. The number of phenols is 1. The van der Waals surface area contributed by atoms with Crippen LogP contribution >= 0.6 is 11.3 Å². The second kappa shape index (κ2) is 7.28. The van der Waals surface area contributed by atoms with Crippen LogP contribution in [0, 0.1) is 11.6 Å². The molecule has 2 aromatic carbocycles. The van der Waals surface area contributed by atoms with Crippen molar-refractivity contribution in [2.45, 2.75) is 0 Å². The van der Waals surface area contributed by atoms with Gasteiger partial charge in [-0.3, -0.25) is 14.9 Å². The lowest BCUT2D eigenvalue weighted by Crippen LogP contribution is -2.14. The Morgan fingerprint density at radius 3 is 2.35 bits per heavy atom. The summed E-state index contributed by atoms with van der Waals surface area (Å²) in [6.45, 7) is 0. The van der Waals surface area contributed by atoms with E-state index >= 15 is 0 Å².